The first-order valence-corrected chi connectivity index (χ1v) is 21.1. The van der Waals surface area contributed by atoms with Gasteiger partial charge >= 0.3 is 0 Å². The zero-order valence-corrected chi connectivity index (χ0v) is 31.3. The summed E-state index contributed by atoms with van der Waals surface area (Å²) in [5, 5.41) is 5.25. The molecular formula is C42H39BN2O3PS2. The van der Waals surface area contributed by atoms with Gasteiger partial charge in [-0.1, -0.05) is 140 Å². The van der Waals surface area contributed by atoms with E-state index < -0.39 is 39.9 Å². The molecule has 1 aromatic heterocycles. The zero-order chi connectivity index (χ0) is 35.6. The summed E-state index contributed by atoms with van der Waals surface area (Å²) in [6.07, 6.45) is 0.455. The summed E-state index contributed by atoms with van der Waals surface area (Å²) in [4.78, 5) is 0.222. The minimum absolute atomic E-state index is 0.222. The molecule has 0 fully saturated rings. The van der Waals surface area contributed by atoms with Gasteiger partial charge in [0.2, 0.25) is 0 Å². The second-order valence-corrected chi connectivity index (χ2v) is 19.4. The monoisotopic (exact) mass is 725 g/mol. The third-order valence-electron chi connectivity index (χ3n) is 9.06. The minimum atomic E-state index is -4.07. The Hall–Kier alpha value is -4.17. The molecule has 0 saturated heterocycles. The van der Waals surface area contributed by atoms with Crippen molar-refractivity contribution in [1.29, 1.82) is 0 Å². The largest absolute Gasteiger partial charge is 0.599 e. The maximum atomic E-state index is 15.0. The fourth-order valence-corrected chi connectivity index (χ4v) is 11.2. The maximum absolute atomic E-state index is 15.0. The van der Waals surface area contributed by atoms with Crippen LogP contribution in [0.15, 0.2) is 163 Å². The predicted octanol–water partition coefficient (Wildman–Crippen LogP) is 8.42. The van der Waals surface area contributed by atoms with Crippen molar-refractivity contribution in [2.75, 3.05) is 0 Å². The summed E-state index contributed by atoms with van der Waals surface area (Å²) in [5.41, 5.74) is 3.19. The second kappa shape index (κ2) is 14.8. The highest BCUT2D eigenvalue weighted by atomic mass is 32.2. The Morgan fingerprint density at radius 2 is 1.24 bits per heavy atom. The Morgan fingerprint density at radius 3 is 1.86 bits per heavy atom. The van der Waals surface area contributed by atoms with E-state index in [1.807, 2.05) is 113 Å². The molecule has 0 aliphatic carbocycles. The minimum Gasteiger partial charge on any atom is -0.599 e. The van der Waals surface area contributed by atoms with Crippen LogP contribution >= 0.6 is 7.92 Å². The lowest BCUT2D eigenvalue weighted by Gasteiger charge is -2.27. The van der Waals surface area contributed by atoms with Crippen LogP contribution in [-0.2, 0) is 27.5 Å². The van der Waals surface area contributed by atoms with E-state index in [9.17, 15) is 4.55 Å². The molecule has 0 spiro atoms. The number of hydrogen-bond acceptors (Lipinski definition) is 4. The molecule has 7 rings (SSSR count). The van der Waals surface area contributed by atoms with Crippen LogP contribution < -0.4 is 15.2 Å². The topological polar surface area (TPSA) is 74.2 Å². The summed E-state index contributed by atoms with van der Waals surface area (Å²) in [6.45, 7) is 5.81. The predicted molar refractivity (Wildman–Crippen MR) is 216 cm³/mol. The first-order valence-electron chi connectivity index (χ1n) is 16.9. The summed E-state index contributed by atoms with van der Waals surface area (Å²) >= 11 is -1.42. The van der Waals surface area contributed by atoms with Gasteiger partial charge in [0.1, 0.15) is 4.75 Å². The second-order valence-electron chi connectivity index (χ2n) is 13.4. The Kier molecular flexibility index (Phi) is 10.2. The number of nitrogens with one attached hydrogen (secondary N) is 1. The van der Waals surface area contributed by atoms with Gasteiger partial charge in [-0.2, -0.15) is 4.63 Å². The van der Waals surface area contributed by atoms with Gasteiger partial charge in [0.15, 0.2) is 0 Å². The van der Waals surface area contributed by atoms with Gasteiger partial charge in [-0.3, -0.25) is 0 Å². The van der Waals surface area contributed by atoms with E-state index in [0.29, 0.717) is 17.4 Å². The van der Waals surface area contributed by atoms with Gasteiger partial charge in [-0.15, -0.1) is 0 Å². The van der Waals surface area contributed by atoms with Crippen LogP contribution in [0.2, 0.25) is 0 Å². The number of para-hydroxylation sites is 1. The van der Waals surface area contributed by atoms with Gasteiger partial charge in [0.05, 0.1) is 10.4 Å². The molecular weight excluding hydrogens is 686 g/mol. The lowest BCUT2D eigenvalue weighted by atomic mass is 9.66. The highest BCUT2D eigenvalue weighted by Gasteiger charge is 2.36. The molecule has 2 atom stereocenters. The van der Waals surface area contributed by atoms with Crippen molar-refractivity contribution in [3.8, 4) is 0 Å². The standard InChI is InChI=1S/C42H39BN2O3PS2/c1-42(2,3)50(46)44-43-41(36-28-17-19-31-18-13-14-26-35(31)36)40-37-27-15-16-29-38(37)45(51(47,48)34-24-11-6-12-25-34)39(40)30-49(32-20-7-4-8-21-32)33-22-9-5-10-23-33/h4-29,41,44H,30H2,1-3H3. The lowest BCUT2D eigenvalue weighted by molar-refractivity contribution is 0.556. The van der Waals surface area contributed by atoms with E-state index in [0.717, 1.165) is 37.9 Å². The van der Waals surface area contributed by atoms with E-state index in [2.05, 4.69) is 53.2 Å². The highest BCUT2D eigenvalue weighted by molar-refractivity contribution is 7.91. The van der Waals surface area contributed by atoms with Crippen molar-refractivity contribution >= 4 is 69.0 Å². The van der Waals surface area contributed by atoms with Crippen LogP contribution in [0, 0.1) is 0 Å². The van der Waals surface area contributed by atoms with Crippen molar-refractivity contribution in [2.45, 2.75) is 42.4 Å². The fourth-order valence-electron chi connectivity index (χ4n) is 6.61. The molecule has 9 heteroatoms. The molecule has 51 heavy (non-hydrogen) atoms. The smallest absolute Gasteiger partial charge is 0.285 e. The Balaban J connectivity index is 1.56. The number of aromatic nitrogens is 1. The molecule has 7 aromatic rings. The number of hydrogen-bond donors (Lipinski definition) is 1. The molecule has 0 bridgehead atoms. The van der Waals surface area contributed by atoms with Crippen molar-refractivity contribution in [3.05, 3.63) is 175 Å². The van der Waals surface area contributed by atoms with E-state index in [-0.39, 0.29) is 4.90 Å². The van der Waals surface area contributed by atoms with Gasteiger partial charge in [0, 0.05) is 34.4 Å². The van der Waals surface area contributed by atoms with Gasteiger partial charge in [0.25, 0.3) is 17.4 Å². The van der Waals surface area contributed by atoms with E-state index in [1.165, 1.54) is 0 Å². The quantitative estimate of drug-likeness (QED) is 0.0826. The molecule has 0 aliphatic rings. The van der Waals surface area contributed by atoms with Crippen LogP contribution in [0.5, 0.6) is 0 Å². The van der Waals surface area contributed by atoms with Crippen molar-refractivity contribution in [2.24, 2.45) is 0 Å². The van der Waals surface area contributed by atoms with Crippen molar-refractivity contribution in [3.63, 3.8) is 0 Å². The number of fused-ring (bicyclic) bond motifs is 2. The Labute approximate surface area is 306 Å². The highest BCUT2D eigenvalue weighted by Crippen LogP contribution is 2.46. The molecule has 2 unspecified atom stereocenters. The Morgan fingerprint density at radius 1 is 0.706 bits per heavy atom. The average molecular weight is 726 g/mol. The van der Waals surface area contributed by atoms with E-state index in [4.69, 9.17) is 0 Å². The van der Waals surface area contributed by atoms with Crippen LogP contribution in [-0.4, -0.2) is 29.1 Å². The molecule has 255 valence electrons. The van der Waals surface area contributed by atoms with Crippen molar-refractivity contribution < 1.29 is 13.0 Å². The average Bonchev–Trinajstić information content (AvgIpc) is 3.49. The molecule has 6 aromatic carbocycles. The zero-order valence-electron chi connectivity index (χ0n) is 28.8. The molecule has 1 radical (unpaired) electrons. The summed E-state index contributed by atoms with van der Waals surface area (Å²) < 4.78 is 47.9. The van der Waals surface area contributed by atoms with Gasteiger partial charge in [-0.25, -0.2) is 12.4 Å². The van der Waals surface area contributed by atoms with Crippen LogP contribution in [0.4, 0.5) is 0 Å². The van der Waals surface area contributed by atoms with E-state index >= 15 is 8.42 Å². The Bertz CT molecular complexity index is 2340. The molecule has 5 nitrogen and oxygen atoms in total. The number of rotatable bonds is 11. The van der Waals surface area contributed by atoms with Crippen LogP contribution in [0.1, 0.15) is 43.4 Å². The molecule has 0 aliphatic heterocycles. The SMILES string of the molecule is CC(C)(C)[S+]([O-])N[B]C(c1cccc2ccccc12)c1c(CP(c2ccccc2)c2ccccc2)n(S(=O)(=O)c2ccccc2)c2ccccc12. The molecule has 0 amide bonds. The summed E-state index contributed by atoms with van der Waals surface area (Å²) in [7, 11) is -3.21. The maximum Gasteiger partial charge on any atom is 0.285 e. The first-order chi connectivity index (χ1) is 24.6. The fraction of sp³-hybridized carbons (Fsp3) is 0.143. The summed E-state index contributed by atoms with van der Waals surface area (Å²) in [5.74, 6) is -0.460. The molecule has 1 N–H and O–H groups in total. The lowest BCUT2D eigenvalue weighted by Crippen LogP contribution is -2.43. The van der Waals surface area contributed by atoms with Gasteiger partial charge < -0.3 is 4.55 Å². The third-order valence-corrected chi connectivity index (χ3v) is 14.7. The third kappa shape index (κ3) is 7.17. The number of nitrogens with zero attached hydrogens (tertiary/aromatic N) is 1. The van der Waals surface area contributed by atoms with Crippen LogP contribution in [0.25, 0.3) is 21.7 Å². The number of benzene rings is 6. The van der Waals surface area contributed by atoms with Crippen LogP contribution in [0.3, 0.4) is 0 Å². The van der Waals surface area contributed by atoms with E-state index in [1.54, 1.807) is 28.2 Å². The molecule has 1 heterocycles. The van der Waals surface area contributed by atoms with Gasteiger partial charge in [-0.05, 0) is 79.4 Å². The first kappa shape index (κ1) is 35.2. The molecule has 0 saturated carbocycles. The normalized spacial score (nSPS) is 13.4. The van der Waals surface area contributed by atoms with Crippen molar-refractivity contribution in [1.82, 2.24) is 8.61 Å². The summed E-state index contributed by atoms with van der Waals surface area (Å²) in [6, 6.07) is 51.7.